The van der Waals surface area contributed by atoms with E-state index in [1.54, 1.807) is 6.92 Å². The maximum atomic E-state index is 12.0. The van der Waals surface area contributed by atoms with E-state index in [-0.39, 0.29) is 25.3 Å². The minimum absolute atomic E-state index is 0.0580. The van der Waals surface area contributed by atoms with Crippen LogP contribution in [0.5, 0.6) is 0 Å². The normalized spacial score (nSPS) is 11.8. The molecule has 0 saturated heterocycles. The van der Waals surface area contributed by atoms with Gasteiger partial charge in [-0.3, -0.25) is 14.9 Å². The fourth-order valence-electron chi connectivity index (χ4n) is 1.79. The fourth-order valence-corrected chi connectivity index (χ4v) is 1.79. The molecule has 1 rings (SSSR count). The maximum Gasteiger partial charge on any atom is 0.346 e. The third-order valence-electron chi connectivity index (χ3n) is 3.09. The van der Waals surface area contributed by atoms with E-state index in [2.05, 4.69) is 0 Å². The van der Waals surface area contributed by atoms with Crippen molar-refractivity contribution in [2.24, 2.45) is 0 Å². The Bertz CT molecular complexity index is 556. The van der Waals surface area contributed by atoms with Gasteiger partial charge in [0.1, 0.15) is 6.61 Å². The summed E-state index contributed by atoms with van der Waals surface area (Å²) in [7, 11) is 0. The molecule has 0 spiro atoms. The summed E-state index contributed by atoms with van der Waals surface area (Å²) >= 11 is 0. The Kier molecular flexibility index (Phi) is 8.59. The second-order valence-corrected chi connectivity index (χ2v) is 4.98. The second-order valence-electron chi connectivity index (χ2n) is 4.98. The van der Waals surface area contributed by atoms with Gasteiger partial charge in [-0.15, -0.1) is 0 Å². The van der Waals surface area contributed by atoms with Crippen molar-refractivity contribution in [1.82, 2.24) is 0 Å². The number of ketones is 1. The van der Waals surface area contributed by atoms with Crippen LogP contribution in [0.2, 0.25) is 0 Å². The number of esters is 1. The first-order valence-corrected chi connectivity index (χ1v) is 7.70. The molecule has 1 aromatic carbocycles. The summed E-state index contributed by atoms with van der Waals surface area (Å²) in [5.41, 5.74) is 0.502. The van der Waals surface area contributed by atoms with E-state index in [0.29, 0.717) is 12.0 Å². The standard InChI is InChI=1S/C16H21NO7/c1-3-5-6-14(18)15(24-23-4-2)16(19)22-11-12-7-9-13(10-8-12)17(20)21/h7-10,15H,3-6,11H2,1-2H3. The van der Waals surface area contributed by atoms with Crippen LogP contribution in [0.4, 0.5) is 5.69 Å². The third kappa shape index (κ3) is 6.43. The SMILES string of the molecule is CCCCC(=O)C(OOCC)C(=O)OCc1ccc([N+](=O)[O-])cc1. The monoisotopic (exact) mass is 339 g/mol. The van der Waals surface area contributed by atoms with Crippen LogP contribution in [-0.4, -0.2) is 29.4 Å². The van der Waals surface area contributed by atoms with Crippen LogP contribution in [0.3, 0.4) is 0 Å². The van der Waals surface area contributed by atoms with Crippen molar-refractivity contribution >= 4 is 17.4 Å². The molecule has 0 aliphatic rings. The van der Waals surface area contributed by atoms with Gasteiger partial charge in [-0.1, -0.05) is 13.3 Å². The van der Waals surface area contributed by atoms with Crippen molar-refractivity contribution in [3.63, 3.8) is 0 Å². The van der Waals surface area contributed by atoms with E-state index in [0.717, 1.165) is 6.42 Å². The zero-order chi connectivity index (χ0) is 17.9. The number of nitrogens with zero attached hydrogens (tertiary/aromatic N) is 1. The van der Waals surface area contributed by atoms with Gasteiger partial charge in [-0.05, 0) is 31.0 Å². The number of carbonyl (C=O) groups excluding carboxylic acids is 2. The molecule has 0 radical (unpaired) electrons. The number of nitro benzene ring substituents is 1. The Balaban J connectivity index is 2.62. The van der Waals surface area contributed by atoms with Crippen molar-refractivity contribution in [3.8, 4) is 0 Å². The Morgan fingerprint density at radius 2 is 1.88 bits per heavy atom. The zero-order valence-corrected chi connectivity index (χ0v) is 13.7. The van der Waals surface area contributed by atoms with Crippen LogP contribution in [0.15, 0.2) is 24.3 Å². The minimum atomic E-state index is -1.42. The lowest BCUT2D eigenvalue weighted by molar-refractivity contribution is -0.384. The van der Waals surface area contributed by atoms with Crippen LogP contribution >= 0.6 is 0 Å². The number of non-ortho nitro benzene ring substituents is 1. The van der Waals surface area contributed by atoms with Gasteiger partial charge in [-0.2, -0.15) is 0 Å². The number of hydrogen-bond donors (Lipinski definition) is 0. The molecule has 0 saturated carbocycles. The molecule has 0 amide bonds. The predicted molar refractivity (Wildman–Crippen MR) is 83.9 cm³/mol. The van der Waals surface area contributed by atoms with E-state index < -0.39 is 22.8 Å². The van der Waals surface area contributed by atoms with Gasteiger partial charge in [0.25, 0.3) is 5.69 Å². The molecule has 1 aromatic rings. The predicted octanol–water partition coefficient (Wildman–Crippen LogP) is 2.73. The molecule has 0 bridgehead atoms. The first kappa shape index (κ1) is 19.7. The Morgan fingerprint density at radius 1 is 1.21 bits per heavy atom. The quantitative estimate of drug-likeness (QED) is 0.201. The van der Waals surface area contributed by atoms with Gasteiger partial charge in [0, 0.05) is 18.6 Å². The molecule has 0 aliphatic carbocycles. The number of rotatable bonds is 11. The van der Waals surface area contributed by atoms with Crippen molar-refractivity contribution in [2.75, 3.05) is 6.61 Å². The van der Waals surface area contributed by atoms with Crippen LogP contribution in [0.1, 0.15) is 38.7 Å². The van der Waals surface area contributed by atoms with Crippen LogP contribution in [-0.2, 0) is 30.7 Å². The zero-order valence-electron chi connectivity index (χ0n) is 13.7. The first-order valence-electron chi connectivity index (χ1n) is 7.70. The number of benzene rings is 1. The highest BCUT2D eigenvalue weighted by Crippen LogP contribution is 2.13. The lowest BCUT2D eigenvalue weighted by Gasteiger charge is -2.14. The van der Waals surface area contributed by atoms with Crippen LogP contribution in [0.25, 0.3) is 0 Å². The van der Waals surface area contributed by atoms with Gasteiger partial charge in [-0.25, -0.2) is 14.6 Å². The topological polar surface area (TPSA) is 105 Å². The molecule has 8 nitrogen and oxygen atoms in total. The number of unbranched alkanes of at least 4 members (excludes halogenated alkanes) is 1. The molecule has 1 atom stereocenters. The molecule has 0 aliphatic heterocycles. The Labute approximate surface area is 139 Å². The number of carbonyl (C=O) groups is 2. The molecular weight excluding hydrogens is 318 g/mol. The molecule has 24 heavy (non-hydrogen) atoms. The van der Waals surface area contributed by atoms with E-state index in [1.807, 2.05) is 6.92 Å². The molecule has 8 heteroatoms. The summed E-state index contributed by atoms with van der Waals surface area (Å²) < 4.78 is 5.05. The molecule has 132 valence electrons. The van der Waals surface area contributed by atoms with Gasteiger partial charge in [0.05, 0.1) is 11.5 Å². The van der Waals surface area contributed by atoms with Gasteiger partial charge in [0.2, 0.25) is 6.10 Å². The summed E-state index contributed by atoms with van der Waals surface area (Å²) in [6.45, 7) is 3.66. The summed E-state index contributed by atoms with van der Waals surface area (Å²) in [5.74, 6) is -1.25. The summed E-state index contributed by atoms with van der Waals surface area (Å²) in [4.78, 5) is 43.7. The highest BCUT2D eigenvalue weighted by molar-refractivity contribution is 6.01. The van der Waals surface area contributed by atoms with Gasteiger partial charge in [0.15, 0.2) is 5.78 Å². The maximum absolute atomic E-state index is 12.0. The summed E-state index contributed by atoms with van der Waals surface area (Å²) in [6.07, 6.45) is 0.223. The van der Waals surface area contributed by atoms with Crippen LogP contribution in [0, 0.1) is 10.1 Å². The molecule has 0 heterocycles. The van der Waals surface area contributed by atoms with Crippen molar-refractivity contribution in [3.05, 3.63) is 39.9 Å². The average Bonchev–Trinajstić information content (AvgIpc) is 2.58. The van der Waals surface area contributed by atoms with Crippen molar-refractivity contribution in [1.29, 1.82) is 0 Å². The third-order valence-corrected chi connectivity index (χ3v) is 3.09. The van der Waals surface area contributed by atoms with E-state index in [1.165, 1.54) is 24.3 Å². The Morgan fingerprint density at radius 3 is 2.42 bits per heavy atom. The largest absolute Gasteiger partial charge is 0.458 e. The number of ether oxygens (including phenoxy) is 1. The lowest BCUT2D eigenvalue weighted by Crippen LogP contribution is -2.34. The first-order chi connectivity index (χ1) is 11.5. The lowest BCUT2D eigenvalue weighted by atomic mass is 10.1. The van der Waals surface area contributed by atoms with Crippen molar-refractivity contribution in [2.45, 2.75) is 45.8 Å². The van der Waals surface area contributed by atoms with E-state index in [9.17, 15) is 19.7 Å². The van der Waals surface area contributed by atoms with Crippen LogP contribution < -0.4 is 0 Å². The average molecular weight is 339 g/mol. The number of Topliss-reactive ketones (excluding diaryl/α,β-unsaturated/α-hetero) is 1. The summed E-state index contributed by atoms with van der Waals surface area (Å²) in [6, 6.07) is 5.57. The van der Waals surface area contributed by atoms with Crippen molar-refractivity contribution < 1.29 is 29.0 Å². The Hall–Kier alpha value is -2.32. The molecule has 0 fully saturated rings. The summed E-state index contributed by atoms with van der Waals surface area (Å²) in [5, 5.41) is 10.6. The smallest absolute Gasteiger partial charge is 0.346 e. The molecular formula is C16H21NO7. The van der Waals surface area contributed by atoms with E-state index >= 15 is 0 Å². The molecule has 1 unspecified atom stereocenters. The fraction of sp³-hybridized carbons (Fsp3) is 0.500. The van der Waals surface area contributed by atoms with Gasteiger partial charge >= 0.3 is 5.97 Å². The van der Waals surface area contributed by atoms with E-state index in [4.69, 9.17) is 14.5 Å². The number of hydrogen-bond acceptors (Lipinski definition) is 7. The highest BCUT2D eigenvalue weighted by atomic mass is 17.2. The van der Waals surface area contributed by atoms with Gasteiger partial charge < -0.3 is 4.74 Å². The minimum Gasteiger partial charge on any atom is -0.458 e. The number of nitro groups is 1. The second kappa shape index (κ2) is 10.5. The molecule has 0 aromatic heterocycles. The molecule has 0 N–H and O–H groups in total. The highest BCUT2D eigenvalue weighted by Gasteiger charge is 2.30.